The Morgan fingerprint density at radius 2 is 1.60 bits per heavy atom. The second kappa shape index (κ2) is 3.24. The van der Waals surface area contributed by atoms with Crippen LogP contribution in [0.3, 0.4) is 0 Å². The van der Waals surface area contributed by atoms with Gasteiger partial charge in [-0.3, -0.25) is 0 Å². The van der Waals surface area contributed by atoms with E-state index in [1.807, 2.05) is 0 Å². The van der Waals surface area contributed by atoms with E-state index in [9.17, 15) is 15.3 Å². The van der Waals surface area contributed by atoms with Crippen LogP contribution in [0.15, 0.2) is 24.3 Å². The number of phenolic OH excluding ortho intramolecular Hbond substituents is 3. The summed E-state index contributed by atoms with van der Waals surface area (Å²) in [5, 5.41) is 29.3. The molecule has 4 heteroatoms. The lowest BCUT2D eigenvalue weighted by molar-refractivity contribution is 0.408. The highest BCUT2D eigenvalue weighted by molar-refractivity contribution is 5.95. The molecule has 0 radical (unpaired) electrons. The van der Waals surface area contributed by atoms with Gasteiger partial charge in [0.2, 0.25) is 0 Å². The summed E-state index contributed by atoms with van der Waals surface area (Å²) in [6.45, 7) is 0. The molecule has 0 fully saturated rings. The average molecular weight is 206 g/mol. The van der Waals surface area contributed by atoms with Crippen molar-refractivity contribution < 1.29 is 20.1 Å². The van der Waals surface area contributed by atoms with Gasteiger partial charge in [-0.2, -0.15) is 0 Å². The maximum absolute atomic E-state index is 9.63. The third-order valence-corrected chi connectivity index (χ3v) is 2.20. The Bertz CT molecular complexity index is 519. The molecule has 2 rings (SSSR count). The number of methoxy groups -OCH3 is 1. The van der Waals surface area contributed by atoms with Crippen LogP contribution in [-0.4, -0.2) is 22.4 Å². The van der Waals surface area contributed by atoms with Gasteiger partial charge in [0.05, 0.1) is 12.5 Å². The van der Waals surface area contributed by atoms with Gasteiger partial charge in [-0.1, -0.05) is 0 Å². The quantitative estimate of drug-likeness (QED) is 0.667. The summed E-state index contributed by atoms with van der Waals surface area (Å²) in [6.07, 6.45) is 0. The van der Waals surface area contributed by atoms with Crippen molar-refractivity contribution in [3.05, 3.63) is 24.3 Å². The first-order chi connectivity index (χ1) is 7.11. The monoisotopic (exact) mass is 206 g/mol. The lowest BCUT2D eigenvalue weighted by Crippen LogP contribution is -1.83. The Hall–Kier alpha value is -2.10. The van der Waals surface area contributed by atoms with E-state index in [0.717, 1.165) is 0 Å². The standard InChI is InChI=1S/C11H10O4/c1-15-8-3-6-2-7(12)4-9(13)11(6)10(14)5-8/h2-5,12-14H,1H3. The van der Waals surface area contributed by atoms with E-state index in [1.165, 1.54) is 25.3 Å². The first-order valence-electron chi connectivity index (χ1n) is 4.34. The van der Waals surface area contributed by atoms with Gasteiger partial charge >= 0.3 is 0 Å². The molecular formula is C11H10O4. The van der Waals surface area contributed by atoms with Gasteiger partial charge in [-0.15, -0.1) is 0 Å². The molecular weight excluding hydrogens is 196 g/mol. The van der Waals surface area contributed by atoms with E-state index in [0.29, 0.717) is 16.5 Å². The first-order valence-corrected chi connectivity index (χ1v) is 4.34. The molecule has 15 heavy (non-hydrogen) atoms. The fourth-order valence-corrected chi connectivity index (χ4v) is 1.55. The molecule has 0 aromatic heterocycles. The van der Waals surface area contributed by atoms with Crippen LogP contribution in [0.5, 0.6) is 23.0 Å². The maximum Gasteiger partial charge on any atom is 0.130 e. The Morgan fingerprint density at radius 1 is 0.933 bits per heavy atom. The van der Waals surface area contributed by atoms with Gasteiger partial charge < -0.3 is 20.1 Å². The number of aromatic hydroxyl groups is 3. The van der Waals surface area contributed by atoms with Crippen molar-refractivity contribution in [1.82, 2.24) is 0 Å². The van der Waals surface area contributed by atoms with Crippen molar-refractivity contribution in [3.8, 4) is 23.0 Å². The fraction of sp³-hybridized carbons (Fsp3) is 0.0909. The highest BCUT2D eigenvalue weighted by atomic mass is 16.5. The lowest BCUT2D eigenvalue weighted by atomic mass is 10.1. The summed E-state index contributed by atoms with van der Waals surface area (Å²) >= 11 is 0. The number of fused-ring (bicyclic) bond motifs is 1. The van der Waals surface area contributed by atoms with Crippen molar-refractivity contribution >= 4 is 10.8 Å². The molecule has 3 N–H and O–H groups in total. The number of hydrogen-bond donors (Lipinski definition) is 3. The van der Waals surface area contributed by atoms with E-state index in [2.05, 4.69) is 0 Å². The molecule has 0 saturated carbocycles. The highest BCUT2D eigenvalue weighted by Gasteiger charge is 2.09. The van der Waals surface area contributed by atoms with Crippen LogP contribution in [0.2, 0.25) is 0 Å². The van der Waals surface area contributed by atoms with E-state index in [4.69, 9.17) is 4.74 Å². The summed E-state index contributed by atoms with van der Waals surface area (Å²) < 4.78 is 4.96. The molecule has 0 bridgehead atoms. The van der Waals surface area contributed by atoms with Gasteiger partial charge in [0.1, 0.15) is 23.0 Å². The molecule has 2 aromatic carbocycles. The smallest absolute Gasteiger partial charge is 0.130 e. The molecule has 0 spiro atoms. The maximum atomic E-state index is 9.63. The number of hydrogen-bond acceptors (Lipinski definition) is 4. The Kier molecular flexibility index (Phi) is 2.04. The van der Waals surface area contributed by atoms with Gasteiger partial charge in [0.15, 0.2) is 0 Å². The normalized spacial score (nSPS) is 10.5. The zero-order chi connectivity index (χ0) is 11.0. The van der Waals surface area contributed by atoms with Crippen molar-refractivity contribution in [2.45, 2.75) is 0 Å². The Morgan fingerprint density at radius 3 is 2.27 bits per heavy atom. The second-order valence-electron chi connectivity index (χ2n) is 3.21. The van der Waals surface area contributed by atoms with Crippen LogP contribution in [0.25, 0.3) is 10.8 Å². The van der Waals surface area contributed by atoms with Crippen molar-refractivity contribution in [2.75, 3.05) is 7.11 Å². The van der Waals surface area contributed by atoms with Crippen LogP contribution < -0.4 is 4.74 Å². The third-order valence-electron chi connectivity index (χ3n) is 2.20. The number of benzene rings is 2. The van der Waals surface area contributed by atoms with Gasteiger partial charge in [0, 0.05) is 12.1 Å². The number of ether oxygens (including phenoxy) is 1. The molecule has 0 heterocycles. The summed E-state index contributed by atoms with van der Waals surface area (Å²) in [4.78, 5) is 0. The predicted molar refractivity (Wildman–Crippen MR) is 55.5 cm³/mol. The Labute approximate surface area is 86.0 Å². The Balaban J connectivity index is 2.85. The van der Waals surface area contributed by atoms with Crippen LogP contribution in [-0.2, 0) is 0 Å². The van der Waals surface area contributed by atoms with Crippen LogP contribution >= 0.6 is 0 Å². The zero-order valence-electron chi connectivity index (χ0n) is 8.06. The summed E-state index contributed by atoms with van der Waals surface area (Å²) in [6, 6.07) is 5.64. The minimum absolute atomic E-state index is 0.0624. The molecule has 0 atom stereocenters. The van der Waals surface area contributed by atoms with Crippen LogP contribution in [0.4, 0.5) is 0 Å². The second-order valence-corrected chi connectivity index (χ2v) is 3.21. The molecule has 0 aliphatic heterocycles. The molecule has 0 unspecified atom stereocenters. The summed E-state index contributed by atoms with van der Waals surface area (Å²) in [5.41, 5.74) is 0. The lowest BCUT2D eigenvalue weighted by Gasteiger charge is -2.07. The third kappa shape index (κ3) is 1.50. The van der Waals surface area contributed by atoms with E-state index in [1.54, 1.807) is 6.07 Å². The fourth-order valence-electron chi connectivity index (χ4n) is 1.55. The molecule has 2 aromatic rings. The predicted octanol–water partition coefficient (Wildman–Crippen LogP) is 1.97. The average Bonchev–Trinajstić information content (AvgIpc) is 2.15. The minimum Gasteiger partial charge on any atom is -0.508 e. The van der Waals surface area contributed by atoms with Crippen LogP contribution in [0.1, 0.15) is 0 Å². The first kappa shape index (κ1) is 9.45. The topological polar surface area (TPSA) is 69.9 Å². The number of phenols is 3. The highest BCUT2D eigenvalue weighted by Crippen LogP contribution is 2.38. The number of rotatable bonds is 1. The van der Waals surface area contributed by atoms with Crippen molar-refractivity contribution in [3.63, 3.8) is 0 Å². The summed E-state index contributed by atoms with van der Waals surface area (Å²) in [5.74, 6) is 0.157. The zero-order valence-corrected chi connectivity index (χ0v) is 8.06. The molecule has 0 aliphatic carbocycles. The van der Waals surface area contributed by atoms with E-state index in [-0.39, 0.29) is 17.2 Å². The molecule has 0 aliphatic rings. The van der Waals surface area contributed by atoms with E-state index >= 15 is 0 Å². The molecule has 78 valence electrons. The van der Waals surface area contributed by atoms with Crippen molar-refractivity contribution in [1.29, 1.82) is 0 Å². The van der Waals surface area contributed by atoms with Gasteiger partial charge in [0.25, 0.3) is 0 Å². The van der Waals surface area contributed by atoms with Gasteiger partial charge in [-0.25, -0.2) is 0 Å². The van der Waals surface area contributed by atoms with Gasteiger partial charge in [-0.05, 0) is 17.5 Å². The van der Waals surface area contributed by atoms with Crippen molar-refractivity contribution in [2.24, 2.45) is 0 Å². The SMILES string of the molecule is COc1cc(O)c2c(O)cc(O)cc2c1. The minimum atomic E-state index is -0.162. The van der Waals surface area contributed by atoms with E-state index < -0.39 is 0 Å². The molecule has 4 nitrogen and oxygen atoms in total. The largest absolute Gasteiger partial charge is 0.508 e. The molecule has 0 amide bonds. The van der Waals surface area contributed by atoms with Crippen LogP contribution in [0, 0.1) is 0 Å². The molecule has 0 saturated heterocycles. The summed E-state index contributed by atoms with van der Waals surface area (Å²) in [7, 11) is 1.48.